The van der Waals surface area contributed by atoms with Crippen LogP contribution in [0.1, 0.15) is 41.4 Å². The van der Waals surface area contributed by atoms with Gasteiger partial charge in [0.15, 0.2) is 23.7 Å². The second-order valence-corrected chi connectivity index (χ2v) is 11.4. The Labute approximate surface area is 276 Å². The smallest absolute Gasteiger partial charge is 0.444 e. The second-order valence-electron chi connectivity index (χ2n) is 10.3. The van der Waals surface area contributed by atoms with Gasteiger partial charge in [-0.15, -0.1) is 0 Å². The van der Waals surface area contributed by atoms with E-state index < -0.39 is 77.6 Å². The number of alkyl halides is 3. The van der Waals surface area contributed by atoms with Crippen LogP contribution >= 0.6 is 11.8 Å². The molecule has 4 aromatic carbocycles. The van der Waals surface area contributed by atoms with Crippen LogP contribution in [0.15, 0.2) is 121 Å². The molecule has 4 aromatic rings. The molecule has 1 heterocycles. The number of rotatable bonds is 10. The molecule has 248 valence electrons. The summed E-state index contributed by atoms with van der Waals surface area (Å²) in [4.78, 5) is 52.8. The Kier molecular flexibility index (Phi) is 11.1. The zero-order valence-electron chi connectivity index (χ0n) is 24.9. The van der Waals surface area contributed by atoms with Gasteiger partial charge in [0.1, 0.15) is 12.7 Å². The molecular weight excluding hydrogens is 653 g/mol. The van der Waals surface area contributed by atoms with E-state index in [1.165, 1.54) is 72.8 Å². The summed E-state index contributed by atoms with van der Waals surface area (Å²) in [5.74, 6) is -3.87. The van der Waals surface area contributed by atoms with Crippen LogP contribution in [0.3, 0.4) is 0 Å². The molecular formula is C35H27F3O9S. The van der Waals surface area contributed by atoms with Crippen molar-refractivity contribution in [1.29, 1.82) is 0 Å². The lowest BCUT2D eigenvalue weighted by Gasteiger charge is -2.44. The maximum atomic E-state index is 14.0. The Bertz CT molecular complexity index is 1690. The van der Waals surface area contributed by atoms with Crippen molar-refractivity contribution in [2.45, 2.75) is 35.4 Å². The topological polar surface area (TPSA) is 114 Å². The van der Waals surface area contributed by atoms with Crippen molar-refractivity contribution >= 4 is 35.6 Å². The van der Waals surface area contributed by atoms with Crippen molar-refractivity contribution in [1.82, 2.24) is 0 Å². The molecule has 13 heteroatoms. The summed E-state index contributed by atoms with van der Waals surface area (Å²) in [6.07, 6.45) is -7.18. The predicted octanol–water partition coefficient (Wildman–Crippen LogP) is 6.50. The van der Waals surface area contributed by atoms with Crippen LogP contribution in [0, 0.1) is 0 Å². The van der Waals surface area contributed by atoms with Crippen molar-refractivity contribution in [3.05, 3.63) is 144 Å². The number of carbonyl (C=O) groups is 4. The lowest BCUT2D eigenvalue weighted by atomic mass is 9.98. The summed E-state index contributed by atoms with van der Waals surface area (Å²) in [5, 5.41) is 0. The number of ether oxygens (including phenoxy) is 5. The lowest BCUT2D eigenvalue weighted by Crippen LogP contribution is -2.62. The molecule has 0 spiro atoms. The molecule has 0 unspecified atom stereocenters. The van der Waals surface area contributed by atoms with Crippen LogP contribution in [0.25, 0.3) is 0 Å². The Hall–Kier alpha value is -5.14. The van der Waals surface area contributed by atoms with Crippen molar-refractivity contribution in [2.24, 2.45) is 0 Å². The summed E-state index contributed by atoms with van der Waals surface area (Å²) in [7, 11) is 0. The largest absolute Gasteiger partial charge is 0.459 e. The minimum absolute atomic E-state index is 0.0114. The highest BCUT2D eigenvalue weighted by atomic mass is 32.2. The number of hydrogen-bond donors (Lipinski definition) is 0. The zero-order chi connectivity index (χ0) is 34.1. The molecule has 0 N–H and O–H groups in total. The van der Waals surface area contributed by atoms with Crippen LogP contribution in [0.5, 0.6) is 0 Å². The average Bonchev–Trinajstić information content (AvgIpc) is 3.10. The van der Waals surface area contributed by atoms with Crippen LogP contribution in [0.2, 0.25) is 0 Å². The van der Waals surface area contributed by atoms with Gasteiger partial charge >= 0.3 is 29.4 Å². The number of hydrogen-bond acceptors (Lipinski definition) is 10. The van der Waals surface area contributed by atoms with Gasteiger partial charge in [-0.2, -0.15) is 13.2 Å². The molecule has 5 atom stereocenters. The summed E-state index contributed by atoms with van der Waals surface area (Å²) in [6.45, 7) is -0.728. The summed E-state index contributed by atoms with van der Waals surface area (Å²) >= 11 is -0.670. The third kappa shape index (κ3) is 9.02. The number of carbonyl (C=O) groups excluding carboxylic acids is 4. The molecule has 0 aromatic heterocycles. The number of esters is 4. The van der Waals surface area contributed by atoms with Crippen LogP contribution in [-0.2, 0) is 23.7 Å². The Balaban J connectivity index is 1.56. The Morgan fingerprint density at radius 1 is 0.542 bits per heavy atom. The van der Waals surface area contributed by atoms with E-state index in [0.717, 1.165) is 0 Å². The highest BCUT2D eigenvalue weighted by Crippen LogP contribution is 2.42. The maximum Gasteiger partial charge on any atom is 0.444 e. The molecule has 1 aliphatic heterocycles. The lowest BCUT2D eigenvalue weighted by molar-refractivity contribution is -0.208. The molecule has 0 amide bonds. The van der Waals surface area contributed by atoms with Crippen LogP contribution in [0.4, 0.5) is 13.2 Å². The first kappa shape index (κ1) is 34.2. The molecule has 5 rings (SSSR count). The quantitative estimate of drug-likeness (QED) is 0.136. The molecule has 0 aliphatic carbocycles. The second kappa shape index (κ2) is 15.6. The van der Waals surface area contributed by atoms with E-state index >= 15 is 0 Å². The minimum atomic E-state index is -4.94. The molecule has 0 radical (unpaired) electrons. The number of halogens is 3. The van der Waals surface area contributed by atoms with Gasteiger partial charge in [0.05, 0.1) is 22.3 Å². The number of benzene rings is 4. The number of thioether (sulfide) groups is 1. The zero-order valence-corrected chi connectivity index (χ0v) is 25.7. The fourth-order valence-corrected chi connectivity index (χ4v) is 5.56. The Morgan fingerprint density at radius 2 is 0.896 bits per heavy atom. The van der Waals surface area contributed by atoms with E-state index in [-0.39, 0.29) is 22.3 Å². The van der Waals surface area contributed by atoms with E-state index in [9.17, 15) is 32.3 Å². The fourth-order valence-electron chi connectivity index (χ4n) is 4.75. The highest BCUT2D eigenvalue weighted by Gasteiger charge is 2.55. The molecule has 0 bridgehead atoms. The van der Waals surface area contributed by atoms with Gasteiger partial charge in [0.25, 0.3) is 0 Å². The first-order valence-corrected chi connectivity index (χ1v) is 15.4. The molecule has 9 nitrogen and oxygen atoms in total. The molecule has 1 fully saturated rings. The van der Waals surface area contributed by atoms with Crippen LogP contribution < -0.4 is 0 Å². The highest BCUT2D eigenvalue weighted by molar-refractivity contribution is 8.00. The van der Waals surface area contributed by atoms with E-state index in [1.807, 2.05) is 0 Å². The summed E-state index contributed by atoms with van der Waals surface area (Å²) < 4.78 is 70.2. The van der Waals surface area contributed by atoms with Crippen molar-refractivity contribution in [3.63, 3.8) is 0 Å². The third-order valence-electron chi connectivity index (χ3n) is 6.99. The third-order valence-corrected chi connectivity index (χ3v) is 7.87. The minimum Gasteiger partial charge on any atom is -0.459 e. The van der Waals surface area contributed by atoms with Gasteiger partial charge in [-0.3, -0.25) is 0 Å². The monoisotopic (exact) mass is 680 g/mol. The maximum absolute atomic E-state index is 14.0. The van der Waals surface area contributed by atoms with Gasteiger partial charge in [0.2, 0.25) is 0 Å². The van der Waals surface area contributed by atoms with Crippen LogP contribution in [-0.4, -0.2) is 65.8 Å². The van der Waals surface area contributed by atoms with Gasteiger partial charge in [-0.25, -0.2) is 19.2 Å². The fraction of sp³-hybridized carbons (Fsp3) is 0.200. The van der Waals surface area contributed by atoms with Gasteiger partial charge in [-0.1, -0.05) is 72.8 Å². The summed E-state index contributed by atoms with van der Waals surface area (Å²) in [6, 6.07) is 30.3. The normalized spacial score (nSPS) is 20.6. The molecule has 1 saturated heterocycles. The van der Waals surface area contributed by atoms with Gasteiger partial charge < -0.3 is 23.7 Å². The SMILES string of the molecule is O=C(OC[C@H]1O[C@@H](SC(F)(F)F)[C@H](OC(=O)c2ccccc2)[C@@H](OC(=O)c2ccccc2)[C@@H]1OC(=O)c1ccccc1)c1ccccc1. The van der Waals surface area contributed by atoms with Gasteiger partial charge in [-0.05, 0) is 60.3 Å². The Morgan fingerprint density at radius 3 is 1.29 bits per heavy atom. The predicted molar refractivity (Wildman–Crippen MR) is 166 cm³/mol. The van der Waals surface area contributed by atoms with E-state index in [0.29, 0.717) is 0 Å². The first-order chi connectivity index (χ1) is 23.1. The van der Waals surface area contributed by atoms with E-state index in [2.05, 4.69) is 0 Å². The van der Waals surface area contributed by atoms with E-state index in [1.54, 1.807) is 48.5 Å². The van der Waals surface area contributed by atoms with Crippen molar-refractivity contribution in [3.8, 4) is 0 Å². The average molecular weight is 681 g/mol. The van der Waals surface area contributed by atoms with Crippen molar-refractivity contribution in [2.75, 3.05) is 6.61 Å². The first-order valence-electron chi connectivity index (χ1n) is 14.5. The summed E-state index contributed by atoms with van der Waals surface area (Å²) in [5.41, 5.74) is -6.81. The van der Waals surface area contributed by atoms with Crippen molar-refractivity contribution < 1.29 is 56.0 Å². The van der Waals surface area contributed by atoms with Gasteiger partial charge in [0, 0.05) is 0 Å². The molecule has 48 heavy (non-hydrogen) atoms. The molecule has 1 aliphatic rings. The standard InChI is InChI=1S/C35H27F3O9S/c36-35(37,38)48-34-29(47-33(42)25-19-11-4-12-20-25)28(46-32(41)24-17-9-3-10-18-24)27(45-31(40)23-15-7-2-8-16-23)26(44-34)21-43-30(39)22-13-5-1-6-14-22/h1-20,26-29,34H,21H2/t26-,27-,28+,29-,34+/m1/s1. The molecule has 0 saturated carbocycles. The van der Waals surface area contributed by atoms with E-state index in [4.69, 9.17) is 23.7 Å².